The number of morpholine rings is 1. The summed E-state index contributed by atoms with van der Waals surface area (Å²) in [4.78, 5) is 15.6. The third kappa shape index (κ3) is 4.10. The van der Waals surface area contributed by atoms with Gasteiger partial charge in [-0.15, -0.1) is 0 Å². The van der Waals surface area contributed by atoms with Gasteiger partial charge in [-0.25, -0.2) is 13.4 Å². The van der Waals surface area contributed by atoms with Gasteiger partial charge in [-0.05, 0) is 40.3 Å². The van der Waals surface area contributed by atoms with Crippen LogP contribution in [0.3, 0.4) is 0 Å². The van der Waals surface area contributed by atoms with Gasteiger partial charge in [0, 0.05) is 30.1 Å². The van der Waals surface area contributed by atoms with Crippen LogP contribution in [0.1, 0.15) is 18.3 Å². The van der Waals surface area contributed by atoms with Crippen molar-refractivity contribution < 1.29 is 13.2 Å². The number of hydrogen-bond donors (Lipinski definition) is 0. The van der Waals surface area contributed by atoms with Gasteiger partial charge in [0.2, 0.25) is 9.84 Å². The SMILES string of the molecule is CCc1nc2c(N3CCOCC3)nc(S(=O)(=O)Cc3ccc(I)cc3)nc2n1C. The van der Waals surface area contributed by atoms with Gasteiger partial charge in [-0.3, -0.25) is 0 Å². The van der Waals surface area contributed by atoms with Crippen LogP contribution in [0.25, 0.3) is 11.2 Å². The molecule has 0 saturated carbocycles. The number of aryl methyl sites for hydroxylation is 2. The summed E-state index contributed by atoms with van der Waals surface area (Å²) in [5.41, 5.74) is 1.89. The number of hydrogen-bond acceptors (Lipinski definition) is 7. The van der Waals surface area contributed by atoms with Crippen molar-refractivity contribution in [1.82, 2.24) is 19.5 Å². The van der Waals surface area contributed by atoms with Gasteiger partial charge >= 0.3 is 0 Å². The van der Waals surface area contributed by atoms with Crippen LogP contribution in [0, 0.1) is 3.57 Å². The van der Waals surface area contributed by atoms with Crippen LogP contribution in [-0.2, 0) is 33.8 Å². The lowest BCUT2D eigenvalue weighted by Gasteiger charge is -2.28. The molecule has 4 rings (SSSR count). The summed E-state index contributed by atoms with van der Waals surface area (Å²) in [6, 6.07) is 7.42. The largest absolute Gasteiger partial charge is 0.378 e. The van der Waals surface area contributed by atoms with E-state index in [-0.39, 0.29) is 10.9 Å². The van der Waals surface area contributed by atoms with Crippen molar-refractivity contribution in [3.8, 4) is 0 Å². The fourth-order valence-electron chi connectivity index (χ4n) is 3.39. The lowest BCUT2D eigenvalue weighted by atomic mass is 10.2. The van der Waals surface area contributed by atoms with Crippen LogP contribution in [0.15, 0.2) is 29.4 Å². The van der Waals surface area contributed by atoms with Gasteiger partial charge in [0.05, 0.1) is 19.0 Å². The molecular formula is C19H22IN5O3S. The maximum absolute atomic E-state index is 13.2. The summed E-state index contributed by atoms with van der Waals surface area (Å²) in [5.74, 6) is 1.27. The highest BCUT2D eigenvalue weighted by molar-refractivity contribution is 14.1. The zero-order valence-corrected chi connectivity index (χ0v) is 19.3. The van der Waals surface area contributed by atoms with Crippen molar-refractivity contribution >= 4 is 49.4 Å². The first-order valence-corrected chi connectivity index (χ1v) is 12.2. The van der Waals surface area contributed by atoms with E-state index < -0.39 is 9.84 Å². The Morgan fingerprint density at radius 2 is 1.79 bits per heavy atom. The van der Waals surface area contributed by atoms with Crippen molar-refractivity contribution in [2.45, 2.75) is 24.3 Å². The van der Waals surface area contributed by atoms with Gasteiger partial charge in [0.1, 0.15) is 5.82 Å². The molecule has 3 aromatic rings. The van der Waals surface area contributed by atoms with Gasteiger partial charge in [0.25, 0.3) is 5.16 Å². The fraction of sp³-hybridized carbons (Fsp3) is 0.421. The number of sulfone groups is 1. The number of aromatic nitrogens is 4. The van der Waals surface area contributed by atoms with Crippen molar-refractivity contribution in [3.63, 3.8) is 0 Å². The lowest BCUT2D eigenvalue weighted by Crippen LogP contribution is -2.37. The van der Waals surface area contributed by atoms with E-state index in [4.69, 9.17) is 4.74 Å². The highest BCUT2D eigenvalue weighted by atomic mass is 127. The summed E-state index contributed by atoms with van der Waals surface area (Å²) < 4.78 is 34.7. The Balaban J connectivity index is 1.83. The highest BCUT2D eigenvalue weighted by Crippen LogP contribution is 2.27. The molecule has 0 atom stereocenters. The molecule has 0 N–H and O–H groups in total. The van der Waals surface area contributed by atoms with Crippen molar-refractivity contribution in [1.29, 1.82) is 0 Å². The van der Waals surface area contributed by atoms with Crippen LogP contribution in [-0.4, -0.2) is 54.2 Å². The second-order valence-corrected chi connectivity index (χ2v) is 10.1. The minimum atomic E-state index is -3.72. The Hall–Kier alpha value is -1.79. The molecule has 0 spiro atoms. The molecule has 0 aliphatic carbocycles. The fourth-order valence-corrected chi connectivity index (χ4v) is 4.96. The third-order valence-electron chi connectivity index (χ3n) is 4.95. The molecule has 3 heterocycles. The Morgan fingerprint density at radius 3 is 2.45 bits per heavy atom. The van der Waals surface area contributed by atoms with E-state index in [0.29, 0.717) is 48.8 Å². The Kier molecular flexibility index (Phi) is 5.76. The number of rotatable bonds is 5. The van der Waals surface area contributed by atoms with Crippen molar-refractivity contribution in [3.05, 3.63) is 39.2 Å². The van der Waals surface area contributed by atoms with Crippen molar-refractivity contribution in [2.75, 3.05) is 31.2 Å². The van der Waals surface area contributed by atoms with Crippen molar-refractivity contribution in [2.24, 2.45) is 7.05 Å². The minimum Gasteiger partial charge on any atom is -0.378 e. The number of nitrogens with zero attached hydrogens (tertiary/aromatic N) is 5. The summed E-state index contributed by atoms with van der Waals surface area (Å²) in [6.45, 7) is 4.44. The second kappa shape index (κ2) is 8.15. The maximum atomic E-state index is 13.2. The molecule has 1 aromatic carbocycles. The molecule has 0 amide bonds. The average Bonchev–Trinajstić information content (AvgIpc) is 3.05. The van der Waals surface area contributed by atoms with Gasteiger partial charge in [-0.2, -0.15) is 9.97 Å². The summed E-state index contributed by atoms with van der Waals surface area (Å²) in [5, 5.41) is -0.157. The van der Waals surface area contributed by atoms with Crippen LogP contribution < -0.4 is 4.90 Å². The number of anilines is 1. The average molecular weight is 527 g/mol. The summed E-state index contributed by atoms with van der Waals surface area (Å²) >= 11 is 2.19. The minimum absolute atomic E-state index is 0.142. The Labute approximate surface area is 183 Å². The molecule has 8 nitrogen and oxygen atoms in total. The van der Waals surface area contributed by atoms with E-state index >= 15 is 0 Å². The van der Waals surface area contributed by atoms with Crippen LogP contribution in [0.2, 0.25) is 0 Å². The maximum Gasteiger partial charge on any atom is 0.251 e. The van der Waals surface area contributed by atoms with E-state index in [1.807, 2.05) is 47.7 Å². The Bertz CT molecular complexity index is 1140. The van der Waals surface area contributed by atoms with Crippen LogP contribution in [0.5, 0.6) is 0 Å². The van der Waals surface area contributed by atoms with Gasteiger partial charge in [-0.1, -0.05) is 19.1 Å². The predicted molar refractivity (Wildman–Crippen MR) is 119 cm³/mol. The zero-order chi connectivity index (χ0) is 20.6. The molecule has 1 aliphatic rings. The number of imidazole rings is 1. The quantitative estimate of drug-likeness (QED) is 0.372. The first kappa shape index (κ1) is 20.5. The second-order valence-electron chi connectivity index (χ2n) is 6.93. The molecule has 0 radical (unpaired) electrons. The molecular weight excluding hydrogens is 505 g/mol. The molecule has 29 heavy (non-hydrogen) atoms. The van der Waals surface area contributed by atoms with Gasteiger partial charge < -0.3 is 14.2 Å². The monoisotopic (exact) mass is 527 g/mol. The van der Waals surface area contributed by atoms with Gasteiger partial charge in [0.15, 0.2) is 17.0 Å². The van der Waals surface area contributed by atoms with E-state index in [0.717, 1.165) is 15.8 Å². The lowest BCUT2D eigenvalue weighted by molar-refractivity contribution is 0.122. The molecule has 0 bridgehead atoms. The van der Waals surface area contributed by atoms with E-state index in [1.54, 1.807) is 0 Å². The first-order chi connectivity index (χ1) is 13.9. The summed E-state index contributed by atoms with van der Waals surface area (Å²) in [7, 11) is -1.86. The molecule has 154 valence electrons. The number of benzene rings is 1. The first-order valence-electron chi connectivity index (χ1n) is 9.42. The normalized spacial score (nSPS) is 15.2. The van der Waals surface area contributed by atoms with E-state index in [1.165, 1.54) is 0 Å². The number of fused-ring (bicyclic) bond motifs is 1. The number of halogens is 1. The Morgan fingerprint density at radius 1 is 1.10 bits per heavy atom. The molecule has 1 saturated heterocycles. The van der Waals surface area contributed by atoms with E-state index in [9.17, 15) is 8.42 Å². The summed E-state index contributed by atoms with van der Waals surface area (Å²) in [6.07, 6.45) is 0.722. The van der Waals surface area contributed by atoms with Crippen LogP contribution in [0.4, 0.5) is 5.82 Å². The van der Waals surface area contributed by atoms with E-state index in [2.05, 4.69) is 37.5 Å². The molecule has 1 fully saturated rings. The molecule has 2 aromatic heterocycles. The topological polar surface area (TPSA) is 90.2 Å². The smallest absolute Gasteiger partial charge is 0.251 e. The standard InChI is InChI=1S/C19H22IN5O3S/c1-3-15-21-16-17(24(15)2)22-19(23-18(16)25-8-10-28-11-9-25)29(26,27)12-13-4-6-14(20)7-5-13/h4-7H,3,8-12H2,1-2H3. The zero-order valence-electron chi connectivity index (χ0n) is 16.3. The molecule has 1 aliphatic heterocycles. The van der Waals surface area contributed by atoms with Crippen LogP contribution >= 0.6 is 22.6 Å². The third-order valence-corrected chi connectivity index (χ3v) is 7.12. The molecule has 0 unspecified atom stereocenters. The predicted octanol–water partition coefficient (Wildman–Crippen LogP) is 2.34. The molecule has 10 heteroatoms. The highest BCUT2D eigenvalue weighted by Gasteiger charge is 2.27. The number of ether oxygens (including phenoxy) is 1.